The second-order valence-corrected chi connectivity index (χ2v) is 5.20. The summed E-state index contributed by atoms with van der Waals surface area (Å²) >= 11 is 3.53. The normalized spacial score (nSPS) is 12.0. The predicted molar refractivity (Wildman–Crippen MR) is 83.0 cm³/mol. The molecule has 0 saturated heterocycles. The Hall–Kier alpha value is -1.00. The van der Waals surface area contributed by atoms with Crippen molar-refractivity contribution < 1.29 is 9.47 Å². The van der Waals surface area contributed by atoms with E-state index in [9.17, 15) is 0 Å². The largest absolute Gasteiger partial charge is 0.493 e. The smallest absolute Gasteiger partial charge is 0.175 e. The minimum atomic E-state index is 0.411. The molecule has 1 unspecified atom stereocenters. The molecule has 0 bridgehead atoms. The van der Waals surface area contributed by atoms with Gasteiger partial charge in [-0.25, -0.2) is 0 Å². The predicted octanol–water partition coefficient (Wildman–Crippen LogP) is 3.91. The SMILES string of the molecule is C=CCC(C)NCc1cc(Br)c(OCC)c(OC)c1. The molecule has 0 spiro atoms. The Morgan fingerprint density at radius 1 is 1.47 bits per heavy atom. The molecule has 0 saturated carbocycles. The van der Waals surface area contributed by atoms with E-state index >= 15 is 0 Å². The molecule has 1 N–H and O–H groups in total. The lowest BCUT2D eigenvalue weighted by Gasteiger charge is -2.15. The Morgan fingerprint density at radius 2 is 2.21 bits per heavy atom. The van der Waals surface area contributed by atoms with Gasteiger partial charge in [0, 0.05) is 12.6 Å². The van der Waals surface area contributed by atoms with E-state index in [1.165, 1.54) is 0 Å². The van der Waals surface area contributed by atoms with Crippen LogP contribution in [-0.4, -0.2) is 19.8 Å². The molecular weight excluding hydrogens is 306 g/mol. The van der Waals surface area contributed by atoms with Gasteiger partial charge in [-0.1, -0.05) is 6.08 Å². The lowest BCUT2D eigenvalue weighted by Crippen LogP contribution is -2.24. The third-order valence-electron chi connectivity index (χ3n) is 2.75. The van der Waals surface area contributed by atoms with Gasteiger partial charge >= 0.3 is 0 Å². The number of methoxy groups -OCH3 is 1. The van der Waals surface area contributed by atoms with Crippen LogP contribution in [0.15, 0.2) is 29.3 Å². The fourth-order valence-corrected chi connectivity index (χ4v) is 2.39. The van der Waals surface area contributed by atoms with E-state index in [1.807, 2.05) is 19.1 Å². The summed E-state index contributed by atoms with van der Waals surface area (Å²) in [5.74, 6) is 1.51. The van der Waals surface area contributed by atoms with E-state index in [0.717, 1.165) is 34.5 Å². The number of rotatable bonds is 8. The second-order valence-electron chi connectivity index (χ2n) is 4.35. The van der Waals surface area contributed by atoms with E-state index in [1.54, 1.807) is 7.11 Å². The Kier molecular flexibility index (Phi) is 6.95. The first-order chi connectivity index (χ1) is 9.12. The van der Waals surface area contributed by atoms with Crippen LogP contribution in [0.4, 0.5) is 0 Å². The molecule has 0 fully saturated rings. The van der Waals surface area contributed by atoms with Crippen LogP contribution in [0.5, 0.6) is 11.5 Å². The van der Waals surface area contributed by atoms with Crippen molar-refractivity contribution in [3.63, 3.8) is 0 Å². The zero-order valence-corrected chi connectivity index (χ0v) is 13.4. The summed E-state index contributed by atoms with van der Waals surface area (Å²) in [7, 11) is 1.65. The van der Waals surface area contributed by atoms with Gasteiger partial charge in [0.05, 0.1) is 18.2 Å². The number of hydrogen-bond donors (Lipinski definition) is 1. The first kappa shape index (κ1) is 16.1. The van der Waals surface area contributed by atoms with Gasteiger partial charge in [0.1, 0.15) is 0 Å². The first-order valence-electron chi connectivity index (χ1n) is 6.45. The lowest BCUT2D eigenvalue weighted by atomic mass is 10.1. The van der Waals surface area contributed by atoms with Crippen LogP contribution in [0, 0.1) is 0 Å². The van der Waals surface area contributed by atoms with Gasteiger partial charge in [0.25, 0.3) is 0 Å². The third-order valence-corrected chi connectivity index (χ3v) is 3.34. The van der Waals surface area contributed by atoms with Crippen LogP contribution < -0.4 is 14.8 Å². The highest BCUT2D eigenvalue weighted by atomic mass is 79.9. The maximum atomic E-state index is 5.57. The molecule has 0 radical (unpaired) electrons. The molecule has 0 aliphatic carbocycles. The maximum absolute atomic E-state index is 5.57. The maximum Gasteiger partial charge on any atom is 0.175 e. The Labute approximate surface area is 124 Å². The molecule has 1 aromatic carbocycles. The zero-order valence-electron chi connectivity index (χ0n) is 11.8. The summed E-state index contributed by atoms with van der Waals surface area (Å²) < 4.78 is 11.9. The minimum Gasteiger partial charge on any atom is -0.493 e. The van der Waals surface area contributed by atoms with Crippen molar-refractivity contribution in [1.29, 1.82) is 0 Å². The summed E-state index contributed by atoms with van der Waals surface area (Å²) in [6.07, 6.45) is 2.88. The molecule has 19 heavy (non-hydrogen) atoms. The van der Waals surface area contributed by atoms with E-state index in [2.05, 4.69) is 40.8 Å². The molecule has 0 aliphatic rings. The quantitative estimate of drug-likeness (QED) is 0.734. The molecule has 0 aromatic heterocycles. The molecule has 1 aromatic rings. The highest BCUT2D eigenvalue weighted by Crippen LogP contribution is 2.36. The summed E-state index contributed by atoms with van der Waals surface area (Å²) in [6.45, 7) is 9.25. The number of nitrogens with one attached hydrogen (secondary N) is 1. The lowest BCUT2D eigenvalue weighted by molar-refractivity contribution is 0.308. The summed E-state index contributed by atoms with van der Waals surface area (Å²) in [5, 5.41) is 3.44. The van der Waals surface area contributed by atoms with Gasteiger partial charge in [-0.15, -0.1) is 6.58 Å². The zero-order chi connectivity index (χ0) is 14.3. The van der Waals surface area contributed by atoms with Crippen molar-refractivity contribution >= 4 is 15.9 Å². The first-order valence-corrected chi connectivity index (χ1v) is 7.25. The molecule has 0 heterocycles. The van der Waals surface area contributed by atoms with E-state index in [0.29, 0.717) is 12.6 Å². The van der Waals surface area contributed by atoms with Crippen LogP contribution >= 0.6 is 15.9 Å². The monoisotopic (exact) mass is 327 g/mol. The van der Waals surface area contributed by atoms with Crippen molar-refractivity contribution in [3.8, 4) is 11.5 Å². The van der Waals surface area contributed by atoms with Crippen LogP contribution in [0.2, 0.25) is 0 Å². The molecule has 0 amide bonds. The number of halogens is 1. The number of hydrogen-bond acceptors (Lipinski definition) is 3. The molecule has 106 valence electrons. The van der Waals surface area contributed by atoms with Gasteiger partial charge in [-0.2, -0.15) is 0 Å². The van der Waals surface area contributed by atoms with Crippen molar-refractivity contribution in [1.82, 2.24) is 5.32 Å². The van der Waals surface area contributed by atoms with Gasteiger partial charge < -0.3 is 14.8 Å². The van der Waals surface area contributed by atoms with E-state index in [4.69, 9.17) is 9.47 Å². The van der Waals surface area contributed by atoms with Gasteiger partial charge in [-0.3, -0.25) is 0 Å². The van der Waals surface area contributed by atoms with E-state index < -0.39 is 0 Å². The van der Waals surface area contributed by atoms with E-state index in [-0.39, 0.29) is 0 Å². The van der Waals surface area contributed by atoms with Gasteiger partial charge in [0.2, 0.25) is 0 Å². The highest BCUT2D eigenvalue weighted by molar-refractivity contribution is 9.10. The van der Waals surface area contributed by atoms with Crippen LogP contribution in [0.3, 0.4) is 0 Å². The summed E-state index contributed by atoms with van der Waals surface area (Å²) in [4.78, 5) is 0. The molecule has 1 atom stereocenters. The molecule has 1 rings (SSSR count). The molecule has 4 heteroatoms. The van der Waals surface area contributed by atoms with Crippen molar-refractivity contribution in [2.24, 2.45) is 0 Å². The minimum absolute atomic E-state index is 0.411. The highest BCUT2D eigenvalue weighted by Gasteiger charge is 2.11. The topological polar surface area (TPSA) is 30.5 Å². The average molecular weight is 328 g/mol. The third kappa shape index (κ3) is 4.88. The standard InChI is InChI=1S/C15H22BrNO2/c1-5-7-11(3)17-10-12-8-13(16)15(19-6-2)14(9-12)18-4/h5,8-9,11,17H,1,6-7,10H2,2-4H3. The molecule has 3 nitrogen and oxygen atoms in total. The average Bonchev–Trinajstić information content (AvgIpc) is 2.39. The van der Waals surface area contributed by atoms with Crippen molar-refractivity contribution in [3.05, 3.63) is 34.8 Å². The fraction of sp³-hybridized carbons (Fsp3) is 0.467. The number of benzene rings is 1. The Morgan fingerprint density at radius 3 is 2.79 bits per heavy atom. The summed E-state index contributed by atoms with van der Waals surface area (Å²) in [6, 6.07) is 4.47. The van der Waals surface area contributed by atoms with Crippen molar-refractivity contribution in [2.75, 3.05) is 13.7 Å². The summed E-state index contributed by atoms with van der Waals surface area (Å²) in [5.41, 5.74) is 1.16. The number of ether oxygens (including phenoxy) is 2. The second kappa shape index (κ2) is 8.23. The Balaban J connectivity index is 2.80. The van der Waals surface area contributed by atoms with Crippen LogP contribution in [-0.2, 0) is 6.54 Å². The fourth-order valence-electron chi connectivity index (χ4n) is 1.79. The molecular formula is C15H22BrNO2. The molecule has 0 aliphatic heterocycles. The Bertz CT molecular complexity index is 421. The van der Waals surface area contributed by atoms with Crippen molar-refractivity contribution in [2.45, 2.75) is 32.9 Å². The van der Waals surface area contributed by atoms with Gasteiger partial charge in [0.15, 0.2) is 11.5 Å². The van der Waals surface area contributed by atoms with Crippen LogP contribution in [0.1, 0.15) is 25.8 Å². The van der Waals surface area contributed by atoms with Gasteiger partial charge in [-0.05, 0) is 53.9 Å². The van der Waals surface area contributed by atoms with Crippen LogP contribution in [0.25, 0.3) is 0 Å².